The molecule has 0 saturated heterocycles. The fourth-order valence-electron chi connectivity index (χ4n) is 1.27. The van der Waals surface area contributed by atoms with Gasteiger partial charge in [0.2, 0.25) is 11.2 Å². The smallest absolute Gasteiger partial charge is 0.225 e. The van der Waals surface area contributed by atoms with Gasteiger partial charge in [-0.1, -0.05) is 24.3 Å². The maximum atomic E-state index is 11.9. The van der Waals surface area contributed by atoms with Crippen LogP contribution in [-0.4, -0.2) is 25.9 Å². The van der Waals surface area contributed by atoms with Gasteiger partial charge in [0.25, 0.3) is 0 Å². The predicted octanol–water partition coefficient (Wildman–Crippen LogP) is 1.34. The molecule has 0 bridgehead atoms. The summed E-state index contributed by atoms with van der Waals surface area (Å²) in [6.07, 6.45) is 15.4. The minimum absolute atomic E-state index is 0.706. The largest absolute Gasteiger partial charge is 0.278 e. The van der Waals surface area contributed by atoms with E-state index in [0.717, 1.165) is 0 Å². The van der Waals surface area contributed by atoms with E-state index in [2.05, 4.69) is 0 Å². The van der Waals surface area contributed by atoms with Crippen LogP contribution in [0.5, 0.6) is 0 Å². The normalized spacial score (nSPS) is 19.8. The van der Waals surface area contributed by atoms with E-state index in [1.54, 1.807) is 8.61 Å². The molecule has 3 nitrogen and oxygen atoms in total. The standard InChI is InChI=1S/C10H12N2OS/c13-14(11-7-3-1-4-8-11)12-9-5-2-6-10-12/h1-7,9H,8,10H2. The van der Waals surface area contributed by atoms with E-state index in [0.29, 0.717) is 13.1 Å². The quantitative estimate of drug-likeness (QED) is 0.671. The van der Waals surface area contributed by atoms with Gasteiger partial charge < -0.3 is 0 Å². The van der Waals surface area contributed by atoms with Crippen molar-refractivity contribution in [3.63, 3.8) is 0 Å². The molecular weight excluding hydrogens is 196 g/mol. The van der Waals surface area contributed by atoms with Gasteiger partial charge in [0.1, 0.15) is 0 Å². The van der Waals surface area contributed by atoms with Gasteiger partial charge in [-0.05, 0) is 12.2 Å². The van der Waals surface area contributed by atoms with Crippen LogP contribution in [-0.2, 0) is 11.2 Å². The summed E-state index contributed by atoms with van der Waals surface area (Å²) in [5.41, 5.74) is 0. The van der Waals surface area contributed by atoms with Crippen LogP contribution in [0.25, 0.3) is 0 Å². The number of nitrogens with zero attached hydrogens (tertiary/aromatic N) is 2. The molecule has 0 aliphatic carbocycles. The summed E-state index contributed by atoms with van der Waals surface area (Å²) in [5.74, 6) is 0. The summed E-state index contributed by atoms with van der Waals surface area (Å²) in [6, 6.07) is 0. The van der Waals surface area contributed by atoms with Crippen molar-refractivity contribution in [2.45, 2.75) is 0 Å². The summed E-state index contributed by atoms with van der Waals surface area (Å²) in [5, 5.41) is 0. The SMILES string of the molecule is O=S(N1C=CC=CC1)N1C=CC=CC1. The molecule has 0 atom stereocenters. The molecule has 0 N–H and O–H groups in total. The molecular formula is C10H12N2OS. The molecule has 0 aromatic carbocycles. The lowest BCUT2D eigenvalue weighted by Crippen LogP contribution is -2.34. The average Bonchev–Trinajstić information content (AvgIpc) is 2.30. The van der Waals surface area contributed by atoms with E-state index in [9.17, 15) is 4.21 Å². The zero-order valence-electron chi connectivity index (χ0n) is 7.74. The molecule has 4 heteroatoms. The van der Waals surface area contributed by atoms with Crippen LogP contribution in [0.1, 0.15) is 0 Å². The number of hydrogen-bond donors (Lipinski definition) is 0. The first kappa shape index (κ1) is 9.27. The Hall–Kier alpha value is -1.29. The van der Waals surface area contributed by atoms with Crippen molar-refractivity contribution < 1.29 is 4.21 Å². The third kappa shape index (κ3) is 1.96. The van der Waals surface area contributed by atoms with Crippen LogP contribution in [0, 0.1) is 0 Å². The van der Waals surface area contributed by atoms with Gasteiger partial charge in [0, 0.05) is 12.4 Å². The molecule has 0 amide bonds. The maximum absolute atomic E-state index is 11.9. The minimum atomic E-state index is -1.10. The van der Waals surface area contributed by atoms with Crippen LogP contribution >= 0.6 is 0 Å². The van der Waals surface area contributed by atoms with E-state index in [1.165, 1.54) is 0 Å². The molecule has 14 heavy (non-hydrogen) atoms. The molecule has 2 rings (SSSR count). The highest BCUT2D eigenvalue weighted by atomic mass is 32.2. The third-order valence-corrected chi connectivity index (χ3v) is 3.32. The monoisotopic (exact) mass is 208 g/mol. The second-order valence-corrected chi connectivity index (χ2v) is 4.37. The van der Waals surface area contributed by atoms with Gasteiger partial charge in [-0.25, -0.2) is 4.21 Å². The van der Waals surface area contributed by atoms with Crippen LogP contribution < -0.4 is 0 Å². The van der Waals surface area contributed by atoms with Crippen LogP contribution in [0.15, 0.2) is 48.9 Å². The van der Waals surface area contributed by atoms with Crippen molar-refractivity contribution in [3.05, 3.63) is 48.9 Å². The fourth-order valence-corrected chi connectivity index (χ4v) is 2.31. The first-order valence-corrected chi connectivity index (χ1v) is 5.56. The highest BCUT2D eigenvalue weighted by Gasteiger charge is 2.14. The zero-order valence-corrected chi connectivity index (χ0v) is 8.56. The van der Waals surface area contributed by atoms with Crippen LogP contribution in [0.2, 0.25) is 0 Å². The van der Waals surface area contributed by atoms with E-state index >= 15 is 0 Å². The molecule has 0 aromatic rings. The lowest BCUT2D eigenvalue weighted by molar-refractivity contribution is 0.527. The summed E-state index contributed by atoms with van der Waals surface area (Å²) in [7, 11) is 0. The third-order valence-electron chi connectivity index (χ3n) is 1.97. The van der Waals surface area contributed by atoms with Gasteiger partial charge >= 0.3 is 0 Å². The van der Waals surface area contributed by atoms with Crippen molar-refractivity contribution in [1.29, 1.82) is 0 Å². The van der Waals surface area contributed by atoms with E-state index in [-0.39, 0.29) is 0 Å². The second-order valence-electron chi connectivity index (χ2n) is 2.97. The molecule has 0 spiro atoms. The topological polar surface area (TPSA) is 23.6 Å². The van der Waals surface area contributed by atoms with Gasteiger partial charge in [-0.15, -0.1) is 0 Å². The van der Waals surface area contributed by atoms with E-state index in [1.807, 2.05) is 48.9 Å². The molecule has 0 fully saturated rings. The first-order chi connectivity index (χ1) is 6.88. The van der Waals surface area contributed by atoms with Crippen molar-refractivity contribution in [1.82, 2.24) is 8.61 Å². The van der Waals surface area contributed by atoms with Gasteiger partial charge in [0.15, 0.2) is 0 Å². The molecule has 0 unspecified atom stereocenters. The van der Waals surface area contributed by atoms with Gasteiger partial charge in [-0.3, -0.25) is 8.61 Å². The summed E-state index contributed by atoms with van der Waals surface area (Å²) in [4.78, 5) is 0. The maximum Gasteiger partial charge on any atom is 0.225 e. The summed E-state index contributed by atoms with van der Waals surface area (Å²) >= 11 is -1.10. The van der Waals surface area contributed by atoms with Gasteiger partial charge in [0.05, 0.1) is 13.1 Å². The Morgan fingerprint density at radius 3 is 1.71 bits per heavy atom. The Labute approximate surface area is 86.4 Å². The zero-order chi connectivity index (χ0) is 9.80. The molecule has 74 valence electrons. The van der Waals surface area contributed by atoms with E-state index < -0.39 is 11.2 Å². The van der Waals surface area contributed by atoms with E-state index in [4.69, 9.17) is 0 Å². The molecule has 0 aromatic heterocycles. The summed E-state index contributed by atoms with van der Waals surface area (Å²) < 4.78 is 15.5. The average molecular weight is 208 g/mol. The Balaban J connectivity index is 2.01. The summed E-state index contributed by atoms with van der Waals surface area (Å²) in [6.45, 7) is 1.41. The van der Waals surface area contributed by atoms with Crippen LogP contribution in [0.4, 0.5) is 0 Å². The van der Waals surface area contributed by atoms with Crippen molar-refractivity contribution in [2.75, 3.05) is 13.1 Å². The highest BCUT2D eigenvalue weighted by molar-refractivity contribution is 7.80. The second kappa shape index (κ2) is 4.28. The lowest BCUT2D eigenvalue weighted by atomic mass is 10.4. The van der Waals surface area contributed by atoms with Crippen molar-refractivity contribution in [3.8, 4) is 0 Å². The molecule has 2 aliphatic rings. The number of allylic oxidation sites excluding steroid dienone is 4. The molecule has 0 radical (unpaired) electrons. The van der Waals surface area contributed by atoms with Crippen molar-refractivity contribution in [2.24, 2.45) is 0 Å². The Morgan fingerprint density at radius 1 is 0.857 bits per heavy atom. The highest BCUT2D eigenvalue weighted by Crippen LogP contribution is 2.10. The Bertz CT molecular complexity index is 312. The Morgan fingerprint density at radius 2 is 1.36 bits per heavy atom. The lowest BCUT2D eigenvalue weighted by Gasteiger charge is -2.26. The first-order valence-electron chi connectivity index (χ1n) is 4.50. The van der Waals surface area contributed by atoms with Crippen LogP contribution in [0.3, 0.4) is 0 Å². The fraction of sp³-hybridized carbons (Fsp3) is 0.200. The number of rotatable bonds is 2. The Kier molecular flexibility index (Phi) is 2.84. The minimum Gasteiger partial charge on any atom is -0.278 e. The van der Waals surface area contributed by atoms with Crippen molar-refractivity contribution >= 4 is 11.2 Å². The number of hydrogen-bond acceptors (Lipinski definition) is 1. The molecule has 2 aliphatic heterocycles. The molecule has 2 heterocycles. The molecule has 0 saturated carbocycles. The van der Waals surface area contributed by atoms with Gasteiger partial charge in [-0.2, -0.15) is 0 Å². The predicted molar refractivity (Wildman–Crippen MR) is 58.1 cm³/mol.